The Hall–Kier alpha value is -1.51. The summed E-state index contributed by atoms with van der Waals surface area (Å²) in [5.74, 6) is 1.49. The SMILES string of the molecule is CCC.O=CCc1ccc2c(c1)OCO2. The largest absolute Gasteiger partial charge is 0.454 e. The highest BCUT2D eigenvalue weighted by molar-refractivity contribution is 5.57. The molecule has 0 fully saturated rings. The number of fused-ring (bicyclic) bond motifs is 1. The molecule has 0 spiro atoms. The Bertz CT molecular complexity index is 321. The molecule has 0 aromatic heterocycles. The first kappa shape index (κ1) is 11.6. The van der Waals surface area contributed by atoms with E-state index in [1.54, 1.807) is 0 Å². The van der Waals surface area contributed by atoms with E-state index in [2.05, 4.69) is 13.8 Å². The Morgan fingerprint density at radius 3 is 2.60 bits per heavy atom. The monoisotopic (exact) mass is 208 g/mol. The third-order valence-electron chi connectivity index (χ3n) is 1.76. The summed E-state index contributed by atoms with van der Waals surface area (Å²) >= 11 is 0. The fourth-order valence-corrected chi connectivity index (χ4v) is 1.16. The maximum atomic E-state index is 10.2. The van der Waals surface area contributed by atoms with E-state index in [1.165, 1.54) is 6.42 Å². The molecule has 1 aromatic rings. The van der Waals surface area contributed by atoms with Gasteiger partial charge in [-0.15, -0.1) is 0 Å². The summed E-state index contributed by atoms with van der Waals surface area (Å²) in [6.07, 6.45) is 2.55. The zero-order valence-electron chi connectivity index (χ0n) is 9.16. The number of hydrogen-bond acceptors (Lipinski definition) is 3. The molecule has 0 radical (unpaired) electrons. The number of benzene rings is 1. The van der Waals surface area contributed by atoms with Crippen molar-refractivity contribution in [1.29, 1.82) is 0 Å². The molecule has 0 saturated heterocycles. The number of hydrogen-bond donors (Lipinski definition) is 0. The van der Waals surface area contributed by atoms with Crippen LogP contribution in [0.15, 0.2) is 18.2 Å². The normalized spacial score (nSPS) is 11.6. The maximum Gasteiger partial charge on any atom is 0.231 e. The van der Waals surface area contributed by atoms with Gasteiger partial charge in [-0.3, -0.25) is 0 Å². The maximum absolute atomic E-state index is 10.2. The summed E-state index contributed by atoms with van der Waals surface area (Å²) in [5.41, 5.74) is 0.953. The van der Waals surface area contributed by atoms with Gasteiger partial charge in [-0.25, -0.2) is 0 Å². The fourth-order valence-electron chi connectivity index (χ4n) is 1.16. The summed E-state index contributed by atoms with van der Waals surface area (Å²) in [4.78, 5) is 10.2. The van der Waals surface area contributed by atoms with E-state index in [1.807, 2.05) is 18.2 Å². The average molecular weight is 208 g/mol. The van der Waals surface area contributed by atoms with Gasteiger partial charge >= 0.3 is 0 Å². The number of rotatable bonds is 2. The molecular formula is C12H16O3. The van der Waals surface area contributed by atoms with Gasteiger partial charge in [0.15, 0.2) is 11.5 Å². The summed E-state index contributed by atoms with van der Waals surface area (Å²) in [7, 11) is 0. The highest BCUT2D eigenvalue weighted by Gasteiger charge is 2.12. The van der Waals surface area contributed by atoms with Gasteiger partial charge in [0.2, 0.25) is 6.79 Å². The van der Waals surface area contributed by atoms with Crippen molar-refractivity contribution in [1.82, 2.24) is 0 Å². The standard InChI is InChI=1S/C9H8O3.C3H8/c10-4-3-7-1-2-8-9(5-7)12-6-11-8;1-3-2/h1-2,4-5H,3,6H2;3H2,1-2H3. The quantitative estimate of drug-likeness (QED) is 0.701. The molecule has 0 atom stereocenters. The van der Waals surface area contributed by atoms with E-state index >= 15 is 0 Å². The Morgan fingerprint density at radius 2 is 1.93 bits per heavy atom. The molecule has 1 aliphatic rings. The number of carbonyl (C=O) groups excluding carboxylic acids is 1. The molecule has 2 rings (SSSR count). The van der Waals surface area contributed by atoms with Crippen LogP contribution in [0.3, 0.4) is 0 Å². The molecule has 0 N–H and O–H groups in total. The molecule has 0 unspecified atom stereocenters. The fraction of sp³-hybridized carbons (Fsp3) is 0.417. The lowest BCUT2D eigenvalue weighted by Gasteiger charge is -1.97. The van der Waals surface area contributed by atoms with Crippen LogP contribution in [0.4, 0.5) is 0 Å². The molecule has 3 heteroatoms. The van der Waals surface area contributed by atoms with Crippen molar-refractivity contribution in [2.24, 2.45) is 0 Å². The molecular weight excluding hydrogens is 192 g/mol. The van der Waals surface area contributed by atoms with E-state index in [0.29, 0.717) is 6.42 Å². The molecule has 82 valence electrons. The van der Waals surface area contributed by atoms with Crippen molar-refractivity contribution in [3.63, 3.8) is 0 Å². The second-order valence-electron chi connectivity index (χ2n) is 3.27. The molecule has 15 heavy (non-hydrogen) atoms. The van der Waals surface area contributed by atoms with Gasteiger partial charge in [0.05, 0.1) is 0 Å². The summed E-state index contributed by atoms with van der Waals surface area (Å²) in [6.45, 7) is 4.53. The topological polar surface area (TPSA) is 35.5 Å². The summed E-state index contributed by atoms with van der Waals surface area (Å²) in [6, 6.07) is 5.51. The van der Waals surface area contributed by atoms with Crippen LogP contribution in [-0.4, -0.2) is 13.1 Å². The highest BCUT2D eigenvalue weighted by Crippen LogP contribution is 2.32. The van der Waals surface area contributed by atoms with Crippen LogP contribution in [0.2, 0.25) is 0 Å². The van der Waals surface area contributed by atoms with E-state index < -0.39 is 0 Å². The van der Waals surface area contributed by atoms with E-state index in [4.69, 9.17) is 9.47 Å². The summed E-state index contributed by atoms with van der Waals surface area (Å²) in [5, 5.41) is 0. The first-order chi connectivity index (χ1) is 7.31. The zero-order valence-corrected chi connectivity index (χ0v) is 9.16. The summed E-state index contributed by atoms with van der Waals surface area (Å²) < 4.78 is 10.3. The molecule has 0 aliphatic carbocycles. The molecule has 0 bridgehead atoms. The number of carbonyl (C=O) groups is 1. The van der Waals surface area contributed by atoms with Crippen LogP contribution in [0.25, 0.3) is 0 Å². The van der Waals surface area contributed by atoms with Gasteiger partial charge in [-0.1, -0.05) is 26.3 Å². The van der Waals surface area contributed by atoms with Gasteiger partial charge in [0.1, 0.15) is 6.29 Å². The first-order valence-electron chi connectivity index (χ1n) is 5.14. The van der Waals surface area contributed by atoms with Crippen molar-refractivity contribution < 1.29 is 14.3 Å². The smallest absolute Gasteiger partial charge is 0.231 e. The van der Waals surface area contributed by atoms with Crippen molar-refractivity contribution >= 4 is 6.29 Å². The number of aldehydes is 1. The molecule has 0 saturated carbocycles. The molecule has 1 heterocycles. The Balaban J connectivity index is 0.000000337. The van der Waals surface area contributed by atoms with Gasteiger partial charge < -0.3 is 14.3 Å². The molecule has 1 aromatic carbocycles. The Labute approximate surface area is 90.0 Å². The van der Waals surface area contributed by atoms with Crippen molar-refractivity contribution in [3.05, 3.63) is 23.8 Å². The van der Waals surface area contributed by atoms with Crippen molar-refractivity contribution in [3.8, 4) is 11.5 Å². The predicted octanol–water partition coefficient (Wildman–Crippen LogP) is 2.57. The highest BCUT2D eigenvalue weighted by atomic mass is 16.7. The zero-order chi connectivity index (χ0) is 11.1. The molecule has 0 amide bonds. The van der Waals surface area contributed by atoms with Crippen LogP contribution in [0, 0.1) is 0 Å². The van der Waals surface area contributed by atoms with Crippen LogP contribution >= 0.6 is 0 Å². The minimum Gasteiger partial charge on any atom is -0.454 e. The minimum absolute atomic E-state index is 0.278. The van der Waals surface area contributed by atoms with E-state index in [-0.39, 0.29) is 6.79 Å². The number of ether oxygens (including phenoxy) is 2. The van der Waals surface area contributed by atoms with Crippen molar-refractivity contribution in [2.45, 2.75) is 26.7 Å². The average Bonchev–Trinajstić information content (AvgIpc) is 2.66. The third kappa shape index (κ3) is 3.27. The van der Waals surface area contributed by atoms with Gasteiger partial charge in [-0.05, 0) is 17.7 Å². The van der Waals surface area contributed by atoms with Gasteiger partial charge in [0.25, 0.3) is 0 Å². The second kappa shape index (κ2) is 6.06. The Morgan fingerprint density at radius 1 is 1.27 bits per heavy atom. The van der Waals surface area contributed by atoms with Crippen LogP contribution in [0.1, 0.15) is 25.8 Å². The lowest BCUT2D eigenvalue weighted by molar-refractivity contribution is -0.107. The lowest BCUT2D eigenvalue weighted by Crippen LogP contribution is -1.92. The van der Waals surface area contributed by atoms with Gasteiger partial charge in [0, 0.05) is 6.42 Å². The second-order valence-corrected chi connectivity index (χ2v) is 3.27. The molecule has 1 aliphatic heterocycles. The predicted molar refractivity (Wildman–Crippen MR) is 58.3 cm³/mol. The van der Waals surface area contributed by atoms with E-state index in [9.17, 15) is 4.79 Å². The van der Waals surface area contributed by atoms with Crippen LogP contribution in [0.5, 0.6) is 11.5 Å². The van der Waals surface area contributed by atoms with Crippen LogP contribution in [-0.2, 0) is 11.2 Å². The third-order valence-corrected chi connectivity index (χ3v) is 1.76. The van der Waals surface area contributed by atoms with E-state index in [0.717, 1.165) is 23.3 Å². The minimum atomic E-state index is 0.278. The first-order valence-corrected chi connectivity index (χ1v) is 5.14. The molecule has 3 nitrogen and oxygen atoms in total. The van der Waals surface area contributed by atoms with Crippen molar-refractivity contribution in [2.75, 3.05) is 6.79 Å². The Kier molecular flexibility index (Phi) is 4.68. The lowest BCUT2D eigenvalue weighted by atomic mass is 10.1. The van der Waals surface area contributed by atoms with Gasteiger partial charge in [-0.2, -0.15) is 0 Å². The van der Waals surface area contributed by atoms with Crippen LogP contribution < -0.4 is 9.47 Å².